The van der Waals surface area contributed by atoms with Gasteiger partial charge in [0.1, 0.15) is 6.10 Å². The average Bonchev–Trinajstić information content (AvgIpc) is 2.79. The molecule has 2 aliphatic carbocycles. The van der Waals surface area contributed by atoms with Gasteiger partial charge in [-0.05, 0) is 74.5 Å². The zero-order valence-corrected chi connectivity index (χ0v) is 22.9. The van der Waals surface area contributed by atoms with E-state index in [0.29, 0.717) is 23.3 Å². The van der Waals surface area contributed by atoms with Crippen molar-refractivity contribution in [3.63, 3.8) is 0 Å². The van der Waals surface area contributed by atoms with Crippen molar-refractivity contribution in [3.8, 4) is 11.5 Å². The van der Waals surface area contributed by atoms with E-state index in [1.807, 2.05) is 6.92 Å². The molecule has 0 aromatic heterocycles. The summed E-state index contributed by atoms with van der Waals surface area (Å²) in [6.45, 7) is 13.0. The number of aliphatic hydroxyl groups is 2. The van der Waals surface area contributed by atoms with Crippen molar-refractivity contribution in [2.24, 2.45) is 5.92 Å². The molecule has 1 fully saturated rings. The molecule has 0 spiro atoms. The van der Waals surface area contributed by atoms with Crippen LogP contribution in [0, 0.1) is 12.8 Å². The fraction of sp³-hybridized carbons (Fsp3) is 0.655. The van der Waals surface area contributed by atoms with Crippen molar-refractivity contribution >= 4 is 11.9 Å². The molecule has 1 saturated heterocycles. The summed E-state index contributed by atoms with van der Waals surface area (Å²) in [5.74, 6) is 0.798. The van der Waals surface area contributed by atoms with Gasteiger partial charge in [-0.15, -0.1) is 0 Å². The number of carbonyl (C=O) groups is 2. The summed E-state index contributed by atoms with van der Waals surface area (Å²) in [6, 6.07) is 0. The SMILES string of the molecule is CC(=O)Oc1c(O[C@H]2OC[C@H](O)[C@@H](OC(C)=O)[C@@H]2O)c(C)c2c3c1[C@@H](C)CC[C@@H]3[C@@H](C)C[C@@H]2C=C(C)C. The van der Waals surface area contributed by atoms with Crippen LogP contribution in [0.15, 0.2) is 11.6 Å². The molecule has 204 valence electrons. The second kappa shape index (κ2) is 10.8. The predicted octanol–water partition coefficient (Wildman–Crippen LogP) is 4.38. The van der Waals surface area contributed by atoms with Gasteiger partial charge >= 0.3 is 11.9 Å². The quantitative estimate of drug-likeness (QED) is 0.337. The molecule has 1 heterocycles. The van der Waals surface area contributed by atoms with Crippen LogP contribution in [0.5, 0.6) is 11.5 Å². The first-order valence-electron chi connectivity index (χ1n) is 13.3. The highest BCUT2D eigenvalue weighted by Gasteiger charge is 2.45. The predicted molar refractivity (Wildman–Crippen MR) is 137 cm³/mol. The highest BCUT2D eigenvalue weighted by Crippen LogP contribution is 2.58. The van der Waals surface area contributed by atoms with Crippen molar-refractivity contribution in [1.82, 2.24) is 0 Å². The second-order valence-electron chi connectivity index (χ2n) is 11.2. The van der Waals surface area contributed by atoms with Crippen molar-refractivity contribution in [1.29, 1.82) is 0 Å². The Morgan fingerprint density at radius 3 is 2.30 bits per heavy atom. The highest BCUT2D eigenvalue weighted by atomic mass is 16.7. The monoisotopic (exact) mass is 516 g/mol. The third-order valence-electron chi connectivity index (χ3n) is 7.98. The molecule has 37 heavy (non-hydrogen) atoms. The molecular formula is C29H40O8. The average molecular weight is 517 g/mol. The van der Waals surface area contributed by atoms with E-state index in [0.717, 1.165) is 30.4 Å². The lowest BCUT2D eigenvalue weighted by molar-refractivity contribution is -0.249. The molecular weight excluding hydrogens is 476 g/mol. The topological polar surface area (TPSA) is 112 Å². The standard InChI is InChI=1S/C29H40O8/c1-13(2)10-19-11-15(4)20-9-8-14(3)22-24(20)23(19)16(5)26(28(22)36-18(7)31)37-29-25(33)27(35-17(6)30)21(32)12-34-29/h10,14-15,19-21,25,27,29,32-33H,8-9,11-12H2,1-7H3/t14-,15-,19-,20+,21-,25-,27+,29+/m0/s1. The number of rotatable bonds is 5. The summed E-state index contributed by atoms with van der Waals surface area (Å²) in [7, 11) is 0. The molecule has 1 aliphatic heterocycles. The van der Waals surface area contributed by atoms with Gasteiger partial charge in [-0.3, -0.25) is 9.59 Å². The van der Waals surface area contributed by atoms with Crippen molar-refractivity contribution in [2.75, 3.05) is 6.61 Å². The molecule has 0 bridgehead atoms. The Morgan fingerprint density at radius 2 is 1.68 bits per heavy atom. The molecule has 1 aromatic rings. The van der Waals surface area contributed by atoms with E-state index >= 15 is 0 Å². The first-order chi connectivity index (χ1) is 17.4. The summed E-state index contributed by atoms with van der Waals surface area (Å²) in [5.41, 5.74) is 5.51. The number of hydrogen-bond donors (Lipinski definition) is 2. The van der Waals surface area contributed by atoms with E-state index in [1.165, 1.54) is 30.5 Å². The van der Waals surface area contributed by atoms with Gasteiger partial charge in [-0.1, -0.05) is 25.5 Å². The zero-order chi connectivity index (χ0) is 27.2. The van der Waals surface area contributed by atoms with Gasteiger partial charge in [-0.2, -0.15) is 0 Å². The van der Waals surface area contributed by atoms with Crippen molar-refractivity contribution in [2.45, 2.75) is 110 Å². The number of ether oxygens (including phenoxy) is 4. The summed E-state index contributed by atoms with van der Waals surface area (Å²) in [5, 5.41) is 21.2. The summed E-state index contributed by atoms with van der Waals surface area (Å²) >= 11 is 0. The van der Waals surface area contributed by atoms with Crippen LogP contribution in [0.4, 0.5) is 0 Å². The van der Waals surface area contributed by atoms with Gasteiger partial charge < -0.3 is 29.2 Å². The lowest BCUT2D eigenvalue weighted by Gasteiger charge is -2.44. The number of hydrogen-bond acceptors (Lipinski definition) is 8. The van der Waals surface area contributed by atoms with Crippen LogP contribution < -0.4 is 9.47 Å². The first-order valence-corrected chi connectivity index (χ1v) is 13.3. The fourth-order valence-electron chi connectivity index (χ4n) is 6.49. The minimum atomic E-state index is -1.44. The zero-order valence-electron chi connectivity index (χ0n) is 22.9. The maximum atomic E-state index is 12.3. The lowest BCUT2D eigenvalue weighted by atomic mass is 9.62. The van der Waals surface area contributed by atoms with E-state index in [2.05, 4.69) is 33.8 Å². The highest BCUT2D eigenvalue weighted by molar-refractivity contribution is 5.74. The third-order valence-corrected chi connectivity index (χ3v) is 7.98. The van der Waals surface area contributed by atoms with Crippen LogP contribution in [0.25, 0.3) is 0 Å². The molecule has 8 heteroatoms. The molecule has 0 unspecified atom stereocenters. The number of esters is 2. The summed E-state index contributed by atoms with van der Waals surface area (Å²) in [4.78, 5) is 23.9. The molecule has 3 aliphatic rings. The van der Waals surface area contributed by atoms with Gasteiger partial charge in [-0.25, -0.2) is 0 Å². The van der Waals surface area contributed by atoms with E-state index in [9.17, 15) is 19.8 Å². The van der Waals surface area contributed by atoms with Crippen LogP contribution in [-0.4, -0.2) is 53.4 Å². The Morgan fingerprint density at radius 1 is 0.973 bits per heavy atom. The number of aliphatic hydroxyl groups excluding tert-OH is 2. The maximum Gasteiger partial charge on any atom is 0.308 e. The molecule has 8 nitrogen and oxygen atoms in total. The maximum absolute atomic E-state index is 12.3. The Hall–Kier alpha value is -2.42. The van der Waals surface area contributed by atoms with Crippen molar-refractivity contribution < 1.29 is 38.7 Å². The van der Waals surface area contributed by atoms with E-state index < -0.39 is 36.5 Å². The molecule has 0 radical (unpaired) electrons. The van der Waals surface area contributed by atoms with Gasteiger partial charge in [0.05, 0.1) is 6.61 Å². The Bertz CT molecular complexity index is 1090. The Kier molecular flexibility index (Phi) is 8.02. The summed E-state index contributed by atoms with van der Waals surface area (Å²) in [6.07, 6.45) is 0.280. The van der Waals surface area contributed by atoms with Crippen LogP contribution in [0.3, 0.4) is 0 Å². The Labute approximate surface area is 218 Å². The molecule has 0 amide bonds. The molecule has 4 rings (SSSR count). The number of benzene rings is 1. The molecule has 2 N–H and O–H groups in total. The van der Waals surface area contributed by atoms with Gasteiger partial charge in [0.2, 0.25) is 6.29 Å². The van der Waals surface area contributed by atoms with E-state index in [1.54, 1.807) is 0 Å². The van der Waals surface area contributed by atoms with E-state index in [-0.39, 0.29) is 18.4 Å². The lowest BCUT2D eigenvalue weighted by Crippen LogP contribution is -2.56. The second-order valence-corrected chi connectivity index (χ2v) is 11.2. The Balaban J connectivity index is 1.89. The van der Waals surface area contributed by atoms with Crippen LogP contribution in [0.1, 0.15) is 101 Å². The van der Waals surface area contributed by atoms with Gasteiger partial charge in [0, 0.05) is 25.3 Å². The van der Waals surface area contributed by atoms with Gasteiger partial charge in [0.25, 0.3) is 0 Å². The van der Waals surface area contributed by atoms with Crippen LogP contribution in [-0.2, 0) is 19.1 Å². The summed E-state index contributed by atoms with van der Waals surface area (Å²) < 4.78 is 23.0. The first kappa shape index (κ1) is 27.6. The largest absolute Gasteiger partial charge is 0.458 e. The fourth-order valence-corrected chi connectivity index (χ4v) is 6.49. The smallest absolute Gasteiger partial charge is 0.308 e. The molecule has 0 saturated carbocycles. The normalized spacial score (nSPS) is 32.7. The molecule has 8 atom stereocenters. The number of allylic oxidation sites excluding steroid dienone is 2. The minimum Gasteiger partial charge on any atom is -0.458 e. The minimum absolute atomic E-state index is 0.146. The number of carbonyl (C=O) groups excluding carboxylic acids is 2. The van der Waals surface area contributed by atoms with Gasteiger partial charge in [0.15, 0.2) is 23.7 Å². The van der Waals surface area contributed by atoms with Crippen molar-refractivity contribution in [3.05, 3.63) is 33.9 Å². The van der Waals surface area contributed by atoms with Crippen LogP contribution >= 0.6 is 0 Å². The third kappa shape index (κ3) is 5.29. The molecule has 1 aromatic carbocycles. The van der Waals surface area contributed by atoms with Crippen LogP contribution in [0.2, 0.25) is 0 Å². The van der Waals surface area contributed by atoms with E-state index in [4.69, 9.17) is 18.9 Å².